The molecule has 5 nitrogen and oxygen atoms in total. The number of anilines is 1. The Morgan fingerprint density at radius 3 is 2.44 bits per heavy atom. The highest BCUT2D eigenvalue weighted by Gasteiger charge is 2.17. The summed E-state index contributed by atoms with van der Waals surface area (Å²) in [4.78, 5) is 21.3. The Labute approximate surface area is 94.7 Å². The lowest BCUT2D eigenvalue weighted by molar-refractivity contribution is 0.0999. The fourth-order valence-electron chi connectivity index (χ4n) is 1.82. The second kappa shape index (κ2) is 4.47. The molecule has 1 fully saturated rings. The van der Waals surface area contributed by atoms with Crippen LogP contribution >= 0.6 is 0 Å². The summed E-state index contributed by atoms with van der Waals surface area (Å²) in [7, 11) is 0. The number of amides is 1. The number of carbonyl (C=O) groups excluding carboxylic acids is 1. The van der Waals surface area contributed by atoms with Gasteiger partial charge in [0.25, 0.3) is 5.91 Å². The number of nitrogens with two attached hydrogens (primary N) is 1. The van der Waals surface area contributed by atoms with Crippen molar-refractivity contribution in [3.8, 4) is 0 Å². The maximum Gasteiger partial charge on any atom is 0.251 e. The topological polar surface area (TPSA) is 72.1 Å². The van der Waals surface area contributed by atoms with Crippen LogP contribution in [0.15, 0.2) is 12.4 Å². The van der Waals surface area contributed by atoms with Crippen molar-refractivity contribution in [1.29, 1.82) is 0 Å². The van der Waals surface area contributed by atoms with Crippen molar-refractivity contribution in [3.05, 3.63) is 18.0 Å². The summed E-state index contributed by atoms with van der Waals surface area (Å²) in [5, 5.41) is 0. The molecule has 2 N–H and O–H groups in total. The molecule has 1 aliphatic rings. The molecule has 0 aromatic carbocycles. The molecular formula is C11H16N4O. The number of hydrogen-bond donors (Lipinski definition) is 1. The van der Waals surface area contributed by atoms with Gasteiger partial charge in [-0.05, 0) is 18.8 Å². The van der Waals surface area contributed by atoms with Crippen molar-refractivity contribution in [2.45, 2.75) is 19.8 Å². The number of rotatable bonds is 2. The molecule has 0 spiro atoms. The zero-order valence-corrected chi connectivity index (χ0v) is 9.39. The Morgan fingerprint density at radius 2 is 1.94 bits per heavy atom. The van der Waals surface area contributed by atoms with Crippen LogP contribution in [0.25, 0.3) is 0 Å². The molecule has 0 radical (unpaired) electrons. The van der Waals surface area contributed by atoms with Gasteiger partial charge in [0.1, 0.15) is 0 Å². The molecule has 16 heavy (non-hydrogen) atoms. The molecule has 0 saturated carbocycles. The molecule has 2 rings (SSSR count). The third-order valence-corrected chi connectivity index (χ3v) is 2.99. The Hall–Kier alpha value is -1.65. The predicted molar refractivity (Wildman–Crippen MR) is 61.2 cm³/mol. The highest BCUT2D eigenvalue weighted by Crippen LogP contribution is 2.19. The van der Waals surface area contributed by atoms with E-state index in [1.807, 2.05) is 0 Å². The smallest absolute Gasteiger partial charge is 0.251 e. The molecule has 1 aromatic heterocycles. The lowest BCUT2D eigenvalue weighted by atomic mass is 10.00. The molecule has 1 aromatic rings. The van der Waals surface area contributed by atoms with Gasteiger partial charge in [0.15, 0.2) is 0 Å². The zero-order valence-electron chi connectivity index (χ0n) is 9.39. The molecule has 2 heterocycles. The van der Waals surface area contributed by atoms with Gasteiger partial charge >= 0.3 is 0 Å². The van der Waals surface area contributed by atoms with Crippen LogP contribution in [0.1, 0.15) is 30.1 Å². The Morgan fingerprint density at radius 1 is 1.38 bits per heavy atom. The minimum Gasteiger partial charge on any atom is -0.366 e. The SMILES string of the molecule is CC1CCN(c2ncc(C(N)=O)cn2)CC1. The van der Waals surface area contributed by atoms with E-state index < -0.39 is 5.91 Å². The minimum absolute atomic E-state index is 0.356. The van der Waals surface area contributed by atoms with Gasteiger partial charge in [0.2, 0.25) is 5.95 Å². The summed E-state index contributed by atoms with van der Waals surface area (Å²) in [6.45, 7) is 4.22. The predicted octanol–water partition coefficient (Wildman–Crippen LogP) is 0.812. The van der Waals surface area contributed by atoms with E-state index >= 15 is 0 Å². The van der Waals surface area contributed by atoms with Crippen molar-refractivity contribution in [2.75, 3.05) is 18.0 Å². The first-order chi connectivity index (χ1) is 7.66. The first-order valence-electron chi connectivity index (χ1n) is 5.53. The van der Waals surface area contributed by atoms with Crippen LogP contribution in [-0.4, -0.2) is 29.0 Å². The molecule has 86 valence electrons. The fourth-order valence-corrected chi connectivity index (χ4v) is 1.82. The molecule has 1 aliphatic heterocycles. The number of piperidine rings is 1. The van der Waals surface area contributed by atoms with Gasteiger partial charge in [-0.25, -0.2) is 9.97 Å². The second-order valence-electron chi connectivity index (χ2n) is 4.31. The number of hydrogen-bond acceptors (Lipinski definition) is 4. The molecule has 0 unspecified atom stereocenters. The van der Waals surface area contributed by atoms with Crippen molar-refractivity contribution in [2.24, 2.45) is 11.7 Å². The summed E-state index contributed by atoms with van der Waals surface area (Å²) < 4.78 is 0. The maximum absolute atomic E-state index is 10.9. The molecule has 0 aliphatic carbocycles. The van der Waals surface area contributed by atoms with Crippen LogP contribution in [-0.2, 0) is 0 Å². The van der Waals surface area contributed by atoms with Gasteiger partial charge in [-0.1, -0.05) is 6.92 Å². The largest absolute Gasteiger partial charge is 0.366 e. The van der Waals surface area contributed by atoms with Gasteiger partial charge in [-0.2, -0.15) is 0 Å². The van der Waals surface area contributed by atoms with Crippen LogP contribution < -0.4 is 10.6 Å². The summed E-state index contributed by atoms with van der Waals surface area (Å²) in [5.41, 5.74) is 5.48. The summed E-state index contributed by atoms with van der Waals surface area (Å²) >= 11 is 0. The summed E-state index contributed by atoms with van der Waals surface area (Å²) in [6.07, 6.45) is 5.31. The lowest BCUT2D eigenvalue weighted by Gasteiger charge is -2.30. The zero-order chi connectivity index (χ0) is 11.5. The van der Waals surface area contributed by atoms with E-state index in [4.69, 9.17) is 5.73 Å². The average Bonchev–Trinajstić information content (AvgIpc) is 2.30. The van der Waals surface area contributed by atoms with Crippen LogP contribution in [0.5, 0.6) is 0 Å². The quantitative estimate of drug-likeness (QED) is 0.800. The Kier molecular flexibility index (Phi) is 3.03. The number of aromatic nitrogens is 2. The van der Waals surface area contributed by atoms with E-state index in [1.165, 1.54) is 25.2 Å². The monoisotopic (exact) mass is 220 g/mol. The first kappa shape index (κ1) is 10.9. The van der Waals surface area contributed by atoms with Gasteiger partial charge in [0, 0.05) is 25.5 Å². The highest BCUT2D eigenvalue weighted by atomic mass is 16.1. The number of primary amides is 1. The van der Waals surface area contributed by atoms with Crippen molar-refractivity contribution < 1.29 is 4.79 Å². The van der Waals surface area contributed by atoms with Crippen molar-refractivity contribution >= 4 is 11.9 Å². The van der Waals surface area contributed by atoms with Crippen LogP contribution in [0.3, 0.4) is 0 Å². The Balaban J connectivity index is 2.07. The highest BCUT2D eigenvalue weighted by molar-refractivity contribution is 5.92. The molecule has 5 heteroatoms. The third kappa shape index (κ3) is 2.29. The fraction of sp³-hybridized carbons (Fsp3) is 0.545. The summed E-state index contributed by atoms with van der Waals surface area (Å²) in [6, 6.07) is 0. The van der Waals surface area contributed by atoms with E-state index in [0.29, 0.717) is 11.5 Å². The van der Waals surface area contributed by atoms with Crippen LogP contribution in [0.2, 0.25) is 0 Å². The molecular weight excluding hydrogens is 204 g/mol. The Bertz CT molecular complexity index is 368. The first-order valence-corrected chi connectivity index (χ1v) is 5.53. The van der Waals surface area contributed by atoms with Crippen molar-refractivity contribution in [1.82, 2.24) is 9.97 Å². The standard InChI is InChI=1S/C11H16N4O/c1-8-2-4-15(5-3-8)11-13-6-9(7-14-11)10(12)16/h6-8H,2-5H2,1H3,(H2,12,16). The van der Waals surface area contributed by atoms with Crippen molar-refractivity contribution in [3.63, 3.8) is 0 Å². The van der Waals surface area contributed by atoms with Gasteiger partial charge < -0.3 is 10.6 Å². The average molecular weight is 220 g/mol. The van der Waals surface area contributed by atoms with E-state index in [9.17, 15) is 4.79 Å². The van der Waals surface area contributed by atoms with Crippen LogP contribution in [0, 0.1) is 5.92 Å². The molecule has 1 amide bonds. The summed E-state index contributed by atoms with van der Waals surface area (Å²) in [5.74, 6) is 0.983. The minimum atomic E-state index is -0.487. The molecule has 1 saturated heterocycles. The van der Waals surface area contributed by atoms with E-state index in [1.54, 1.807) is 0 Å². The van der Waals surface area contributed by atoms with Gasteiger partial charge in [0.05, 0.1) is 5.56 Å². The maximum atomic E-state index is 10.9. The number of nitrogens with zero attached hydrogens (tertiary/aromatic N) is 3. The number of carbonyl (C=O) groups is 1. The van der Waals surface area contributed by atoms with E-state index in [2.05, 4.69) is 21.8 Å². The molecule has 0 bridgehead atoms. The molecule has 0 atom stereocenters. The van der Waals surface area contributed by atoms with E-state index in [-0.39, 0.29) is 0 Å². The second-order valence-corrected chi connectivity index (χ2v) is 4.31. The lowest BCUT2D eigenvalue weighted by Crippen LogP contribution is -2.34. The third-order valence-electron chi connectivity index (χ3n) is 2.99. The van der Waals surface area contributed by atoms with E-state index in [0.717, 1.165) is 19.0 Å². The normalized spacial score (nSPS) is 17.4. The van der Waals surface area contributed by atoms with Gasteiger partial charge in [-0.3, -0.25) is 4.79 Å². The van der Waals surface area contributed by atoms with Crippen LogP contribution in [0.4, 0.5) is 5.95 Å². The van der Waals surface area contributed by atoms with Gasteiger partial charge in [-0.15, -0.1) is 0 Å².